The Hall–Kier alpha value is -2.18. The minimum atomic E-state index is -0.317. The number of carbonyl (C=O) groups excluding carboxylic acids is 1. The molecule has 0 bridgehead atoms. The molecule has 19 heavy (non-hydrogen) atoms. The monoisotopic (exact) mass is 262 g/mol. The van der Waals surface area contributed by atoms with Crippen LogP contribution in [0.25, 0.3) is 11.0 Å². The van der Waals surface area contributed by atoms with Crippen LogP contribution >= 0.6 is 0 Å². The lowest BCUT2D eigenvalue weighted by atomic mass is 10.2. The highest BCUT2D eigenvalue weighted by atomic mass is 16.2. The maximum absolute atomic E-state index is 11.7. The molecule has 2 heterocycles. The quantitative estimate of drug-likeness (QED) is 0.843. The normalized spacial score (nSPS) is 12.4. The van der Waals surface area contributed by atoms with Crippen molar-refractivity contribution in [3.63, 3.8) is 0 Å². The molecule has 2 aromatic heterocycles. The first-order valence-corrected chi connectivity index (χ1v) is 6.21. The van der Waals surface area contributed by atoms with Crippen LogP contribution < -0.4 is 10.6 Å². The van der Waals surface area contributed by atoms with Gasteiger partial charge in [-0.2, -0.15) is 5.10 Å². The van der Waals surface area contributed by atoms with Crippen molar-refractivity contribution in [3.05, 3.63) is 12.0 Å². The van der Waals surface area contributed by atoms with Gasteiger partial charge in [0.1, 0.15) is 17.7 Å². The summed E-state index contributed by atoms with van der Waals surface area (Å²) in [5.74, 6) is 1.23. The van der Waals surface area contributed by atoms with Gasteiger partial charge in [-0.05, 0) is 13.3 Å². The van der Waals surface area contributed by atoms with Gasteiger partial charge in [-0.3, -0.25) is 9.48 Å². The highest BCUT2D eigenvalue weighted by Crippen LogP contribution is 2.20. The van der Waals surface area contributed by atoms with E-state index in [9.17, 15) is 4.79 Å². The summed E-state index contributed by atoms with van der Waals surface area (Å²) in [4.78, 5) is 20.4. The van der Waals surface area contributed by atoms with Gasteiger partial charge >= 0.3 is 0 Å². The number of aryl methyl sites for hydroxylation is 2. The molecule has 0 saturated heterocycles. The lowest BCUT2D eigenvalue weighted by Gasteiger charge is -2.16. The number of amides is 1. The third-order valence-electron chi connectivity index (χ3n) is 2.99. The van der Waals surface area contributed by atoms with Gasteiger partial charge in [0.2, 0.25) is 5.91 Å². The SMILES string of the molecule is CCC(Nc1nc(C)nc2c1cnn2C)C(=O)NC. The van der Waals surface area contributed by atoms with E-state index in [1.54, 1.807) is 17.9 Å². The Labute approximate surface area is 111 Å². The van der Waals surface area contributed by atoms with Gasteiger partial charge in [-0.25, -0.2) is 9.97 Å². The zero-order valence-corrected chi connectivity index (χ0v) is 11.6. The zero-order valence-electron chi connectivity index (χ0n) is 11.6. The first kappa shape index (κ1) is 13.3. The Kier molecular flexibility index (Phi) is 3.64. The lowest BCUT2D eigenvalue weighted by Crippen LogP contribution is -2.37. The predicted octanol–water partition coefficient (Wildman–Crippen LogP) is 0.608. The first-order valence-electron chi connectivity index (χ1n) is 6.21. The van der Waals surface area contributed by atoms with Crippen molar-refractivity contribution in [2.45, 2.75) is 26.3 Å². The summed E-state index contributed by atoms with van der Waals surface area (Å²) in [7, 11) is 3.45. The number of nitrogens with zero attached hydrogens (tertiary/aromatic N) is 4. The van der Waals surface area contributed by atoms with Gasteiger partial charge < -0.3 is 10.6 Å². The third kappa shape index (κ3) is 2.49. The van der Waals surface area contributed by atoms with Crippen LogP contribution in [0.5, 0.6) is 0 Å². The molecule has 2 rings (SSSR count). The van der Waals surface area contributed by atoms with Crippen molar-refractivity contribution < 1.29 is 4.79 Å². The Morgan fingerprint density at radius 1 is 1.47 bits per heavy atom. The highest BCUT2D eigenvalue weighted by molar-refractivity contribution is 5.90. The van der Waals surface area contributed by atoms with Gasteiger partial charge in [-0.1, -0.05) is 6.92 Å². The van der Waals surface area contributed by atoms with Crippen molar-refractivity contribution in [2.24, 2.45) is 7.05 Å². The number of fused-ring (bicyclic) bond motifs is 1. The summed E-state index contributed by atoms with van der Waals surface area (Å²) in [6, 6.07) is -0.317. The fourth-order valence-corrected chi connectivity index (χ4v) is 1.93. The molecule has 0 aromatic carbocycles. The van der Waals surface area contributed by atoms with Crippen molar-refractivity contribution in [3.8, 4) is 0 Å². The van der Waals surface area contributed by atoms with Crippen LogP contribution in [0.2, 0.25) is 0 Å². The number of hydrogen-bond acceptors (Lipinski definition) is 5. The first-order chi connectivity index (χ1) is 9.06. The Balaban J connectivity index is 2.41. The van der Waals surface area contributed by atoms with Crippen molar-refractivity contribution in [1.82, 2.24) is 25.1 Å². The second-order valence-electron chi connectivity index (χ2n) is 4.34. The molecule has 2 aromatic rings. The van der Waals surface area contributed by atoms with Crippen LogP contribution in [0, 0.1) is 6.92 Å². The maximum atomic E-state index is 11.7. The molecule has 0 aliphatic rings. The minimum Gasteiger partial charge on any atom is -0.358 e. The number of carbonyl (C=O) groups is 1. The van der Waals surface area contributed by atoms with Crippen LogP contribution in [-0.2, 0) is 11.8 Å². The molecule has 0 radical (unpaired) electrons. The summed E-state index contributed by atoms with van der Waals surface area (Å²) in [6.45, 7) is 3.76. The fraction of sp³-hybridized carbons (Fsp3) is 0.500. The van der Waals surface area contributed by atoms with Crippen molar-refractivity contribution >= 4 is 22.8 Å². The van der Waals surface area contributed by atoms with E-state index in [1.807, 2.05) is 20.9 Å². The van der Waals surface area contributed by atoms with Crippen LogP contribution in [0.4, 0.5) is 5.82 Å². The Morgan fingerprint density at radius 2 is 2.21 bits per heavy atom. The second-order valence-corrected chi connectivity index (χ2v) is 4.34. The summed E-state index contributed by atoms with van der Waals surface area (Å²) in [5, 5.41) is 10.8. The minimum absolute atomic E-state index is 0.0594. The predicted molar refractivity (Wildman–Crippen MR) is 72.8 cm³/mol. The topological polar surface area (TPSA) is 84.7 Å². The van der Waals surface area contributed by atoms with E-state index in [-0.39, 0.29) is 11.9 Å². The summed E-state index contributed by atoms with van der Waals surface area (Å²) >= 11 is 0. The Morgan fingerprint density at radius 3 is 2.84 bits per heavy atom. The molecule has 0 aliphatic heterocycles. The molecule has 0 fully saturated rings. The molecule has 0 spiro atoms. The van der Waals surface area contributed by atoms with Gasteiger partial charge in [-0.15, -0.1) is 0 Å². The van der Waals surface area contributed by atoms with Gasteiger partial charge in [0.05, 0.1) is 11.6 Å². The maximum Gasteiger partial charge on any atom is 0.242 e. The molecule has 102 valence electrons. The zero-order chi connectivity index (χ0) is 14.0. The summed E-state index contributed by atoms with van der Waals surface area (Å²) < 4.78 is 1.69. The van der Waals surface area contributed by atoms with Crippen LogP contribution in [0.1, 0.15) is 19.2 Å². The largest absolute Gasteiger partial charge is 0.358 e. The highest BCUT2D eigenvalue weighted by Gasteiger charge is 2.18. The summed E-state index contributed by atoms with van der Waals surface area (Å²) in [6.07, 6.45) is 2.37. The van der Waals surface area contributed by atoms with Crippen LogP contribution in [0.15, 0.2) is 6.20 Å². The molecule has 0 aliphatic carbocycles. The average Bonchev–Trinajstić information content (AvgIpc) is 2.76. The average molecular weight is 262 g/mol. The van der Waals surface area contributed by atoms with E-state index >= 15 is 0 Å². The molecule has 1 atom stereocenters. The fourth-order valence-electron chi connectivity index (χ4n) is 1.93. The smallest absolute Gasteiger partial charge is 0.242 e. The second kappa shape index (κ2) is 5.21. The Bertz CT molecular complexity index is 606. The molecule has 0 saturated carbocycles. The van der Waals surface area contributed by atoms with Gasteiger partial charge in [0, 0.05) is 14.1 Å². The third-order valence-corrected chi connectivity index (χ3v) is 2.99. The summed E-state index contributed by atoms with van der Waals surface area (Å²) in [5.41, 5.74) is 0.752. The number of nitrogens with one attached hydrogen (secondary N) is 2. The molecule has 7 nitrogen and oxygen atoms in total. The van der Waals surface area contributed by atoms with E-state index in [1.165, 1.54) is 0 Å². The van der Waals surface area contributed by atoms with Crippen molar-refractivity contribution in [1.29, 1.82) is 0 Å². The number of aromatic nitrogens is 4. The molecular formula is C12H18N6O. The van der Waals surface area contributed by atoms with Gasteiger partial charge in [0.15, 0.2) is 5.65 Å². The van der Waals surface area contributed by atoms with Crippen molar-refractivity contribution in [2.75, 3.05) is 12.4 Å². The lowest BCUT2D eigenvalue weighted by molar-refractivity contribution is -0.121. The van der Waals surface area contributed by atoms with Crippen LogP contribution in [-0.4, -0.2) is 38.7 Å². The van der Waals surface area contributed by atoms with Crippen LogP contribution in [0.3, 0.4) is 0 Å². The van der Waals surface area contributed by atoms with E-state index in [0.29, 0.717) is 18.1 Å². The number of likely N-dealkylation sites (N-methyl/N-ethyl adjacent to an activating group) is 1. The molecule has 7 heteroatoms. The van der Waals surface area contributed by atoms with E-state index in [0.717, 1.165) is 11.0 Å². The molecular weight excluding hydrogens is 244 g/mol. The molecule has 2 N–H and O–H groups in total. The number of rotatable bonds is 4. The standard InChI is InChI=1S/C12H18N6O/c1-5-9(12(19)13-3)17-10-8-6-14-18(4)11(8)16-7(2)15-10/h6,9H,5H2,1-4H3,(H,13,19)(H,15,16,17). The van der Waals surface area contributed by atoms with Gasteiger partial charge in [0.25, 0.3) is 0 Å². The molecule has 1 amide bonds. The van der Waals surface area contributed by atoms with E-state index in [4.69, 9.17) is 0 Å². The molecule has 1 unspecified atom stereocenters. The number of anilines is 1. The van der Waals surface area contributed by atoms with E-state index < -0.39 is 0 Å². The number of hydrogen-bond donors (Lipinski definition) is 2. The van der Waals surface area contributed by atoms with E-state index in [2.05, 4.69) is 25.7 Å².